The monoisotopic (exact) mass is 344 g/mol. The van der Waals surface area contributed by atoms with Crippen LogP contribution in [0.2, 0.25) is 0 Å². The molecule has 6 heteroatoms. The van der Waals surface area contributed by atoms with Crippen LogP contribution in [0.4, 0.5) is 0 Å². The van der Waals surface area contributed by atoms with Crippen molar-refractivity contribution in [3.8, 4) is 5.75 Å². The molecule has 0 unspecified atom stereocenters. The predicted molar refractivity (Wildman–Crippen MR) is 81.9 cm³/mol. The van der Waals surface area contributed by atoms with Crippen LogP contribution >= 0.6 is 15.9 Å². The van der Waals surface area contributed by atoms with Crippen molar-refractivity contribution in [3.63, 3.8) is 0 Å². The van der Waals surface area contributed by atoms with Crippen LogP contribution in [0.3, 0.4) is 0 Å². The summed E-state index contributed by atoms with van der Waals surface area (Å²) < 4.78 is 11.3. The second-order valence-corrected chi connectivity index (χ2v) is 5.03. The van der Waals surface area contributed by atoms with Crippen LogP contribution in [-0.2, 0) is 16.1 Å². The van der Waals surface area contributed by atoms with Crippen molar-refractivity contribution >= 4 is 21.8 Å². The van der Waals surface area contributed by atoms with Crippen molar-refractivity contribution in [2.24, 2.45) is 0 Å². The number of carbonyl (C=O) groups excluding carboxylic acids is 1. The van der Waals surface area contributed by atoms with E-state index in [1.165, 1.54) is 0 Å². The van der Waals surface area contributed by atoms with Crippen molar-refractivity contribution in [1.29, 1.82) is 0 Å². The number of carbonyl (C=O) groups is 1. The number of hydrogen-bond donors (Lipinski definition) is 2. The molecule has 0 aliphatic rings. The molecule has 0 aliphatic carbocycles. The van der Waals surface area contributed by atoms with Gasteiger partial charge in [-0.3, -0.25) is 4.79 Å². The highest BCUT2D eigenvalue weighted by Crippen LogP contribution is 2.25. The standard InChI is InChI=1S/C14H21BrN2O3/c1-3-17-14(18)10-20-13-5-4-11(8-12(13)15)9-16-6-7-19-2/h4-5,8,16H,3,6-7,9-10H2,1-2H3,(H,17,18). The fraction of sp³-hybridized carbons (Fsp3) is 0.500. The van der Waals surface area contributed by atoms with Crippen LogP contribution in [0.15, 0.2) is 22.7 Å². The van der Waals surface area contributed by atoms with E-state index in [1.807, 2.05) is 25.1 Å². The Morgan fingerprint density at radius 2 is 2.20 bits per heavy atom. The number of methoxy groups -OCH3 is 1. The molecule has 0 heterocycles. The Morgan fingerprint density at radius 3 is 2.85 bits per heavy atom. The van der Waals surface area contributed by atoms with E-state index < -0.39 is 0 Å². The zero-order valence-electron chi connectivity index (χ0n) is 11.9. The van der Waals surface area contributed by atoms with E-state index in [2.05, 4.69) is 26.6 Å². The van der Waals surface area contributed by atoms with Crippen molar-refractivity contribution in [2.45, 2.75) is 13.5 Å². The number of halogens is 1. The van der Waals surface area contributed by atoms with Crippen LogP contribution in [0.25, 0.3) is 0 Å². The molecule has 5 nitrogen and oxygen atoms in total. The lowest BCUT2D eigenvalue weighted by molar-refractivity contribution is -0.122. The van der Waals surface area contributed by atoms with Crippen LogP contribution in [0.1, 0.15) is 12.5 Å². The third-order valence-corrected chi connectivity index (χ3v) is 3.16. The summed E-state index contributed by atoms with van der Waals surface area (Å²) >= 11 is 3.45. The summed E-state index contributed by atoms with van der Waals surface area (Å²) in [6.07, 6.45) is 0. The van der Waals surface area contributed by atoms with Gasteiger partial charge in [0.15, 0.2) is 6.61 Å². The molecule has 1 amide bonds. The summed E-state index contributed by atoms with van der Waals surface area (Å²) in [7, 11) is 1.68. The van der Waals surface area contributed by atoms with Gasteiger partial charge in [0.05, 0.1) is 11.1 Å². The number of nitrogens with one attached hydrogen (secondary N) is 2. The van der Waals surface area contributed by atoms with E-state index in [1.54, 1.807) is 7.11 Å². The molecule has 0 aliphatic heterocycles. The third kappa shape index (κ3) is 6.36. The van der Waals surface area contributed by atoms with E-state index in [0.29, 0.717) is 18.9 Å². The van der Waals surface area contributed by atoms with Gasteiger partial charge in [-0.25, -0.2) is 0 Å². The van der Waals surface area contributed by atoms with E-state index >= 15 is 0 Å². The van der Waals surface area contributed by atoms with E-state index in [9.17, 15) is 4.79 Å². The molecule has 0 aromatic heterocycles. The molecule has 1 aromatic carbocycles. The van der Waals surface area contributed by atoms with Crippen LogP contribution in [0.5, 0.6) is 5.75 Å². The number of rotatable bonds is 9. The zero-order chi connectivity index (χ0) is 14.8. The first kappa shape index (κ1) is 16.9. The largest absolute Gasteiger partial charge is 0.483 e. The fourth-order valence-electron chi connectivity index (χ4n) is 1.57. The molecule has 1 aromatic rings. The summed E-state index contributed by atoms with van der Waals surface area (Å²) in [6, 6.07) is 5.81. The van der Waals surface area contributed by atoms with Crippen LogP contribution in [0, 0.1) is 0 Å². The molecule has 112 valence electrons. The van der Waals surface area contributed by atoms with Gasteiger partial charge in [-0.05, 0) is 40.5 Å². The Labute approximate surface area is 128 Å². The lowest BCUT2D eigenvalue weighted by atomic mass is 10.2. The number of ether oxygens (including phenoxy) is 2. The Morgan fingerprint density at radius 1 is 1.40 bits per heavy atom. The smallest absolute Gasteiger partial charge is 0.257 e. The topological polar surface area (TPSA) is 59.6 Å². The molecule has 0 saturated carbocycles. The Kier molecular flexibility index (Phi) is 8.25. The van der Waals surface area contributed by atoms with E-state index in [4.69, 9.17) is 9.47 Å². The van der Waals surface area contributed by atoms with Crippen molar-refractivity contribution < 1.29 is 14.3 Å². The van der Waals surface area contributed by atoms with Gasteiger partial charge in [-0.15, -0.1) is 0 Å². The quantitative estimate of drug-likeness (QED) is 0.669. The maximum absolute atomic E-state index is 11.3. The van der Waals surface area contributed by atoms with Gasteiger partial charge in [-0.2, -0.15) is 0 Å². The van der Waals surface area contributed by atoms with Gasteiger partial charge in [-0.1, -0.05) is 6.07 Å². The predicted octanol–water partition coefficient (Wildman–Crippen LogP) is 1.70. The highest BCUT2D eigenvalue weighted by atomic mass is 79.9. The van der Waals surface area contributed by atoms with Gasteiger partial charge in [0.25, 0.3) is 5.91 Å². The highest BCUT2D eigenvalue weighted by molar-refractivity contribution is 9.10. The highest BCUT2D eigenvalue weighted by Gasteiger charge is 2.05. The minimum absolute atomic E-state index is 0.0257. The molecular formula is C14H21BrN2O3. The van der Waals surface area contributed by atoms with E-state index in [0.717, 1.165) is 23.1 Å². The minimum Gasteiger partial charge on any atom is -0.483 e. The molecule has 20 heavy (non-hydrogen) atoms. The molecular weight excluding hydrogens is 324 g/mol. The van der Waals surface area contributed by atoms with Crippen molar-refractivity contribution in [2.75, 3.05) is 33.4 Å². The maximum Gasteiger partial charge on any atom is 0.257 e. The first-order chi connectivity index (χ1) is 9.67. The Bertz CT molecular complexity index is 427. The average Bonchev–Trinajstić information content (AvgIpc) is 2.43. The zero-order valence-corrected chi connectivity index (χ0v) is 13.5. The van der Waals surface area contributed by atoms with Crippen molar-refractivity contribution in [1.82, 2.24) is 10.6 Å². The summed E-state index contributed by atoms with van der Waals surface area (Å²) in [4.78, 5) is 11.3. The Balaban J connectivity index is 2.44. The van der Waals surface area contributed by atoms with Crippen LogP contribution < -0.4 is 15.4 Å². The van der Waals surface area contributed by atoms with Gasteiger partial charge in [0, 0.05) is 26.7 Å². The molecule has 0 bridgehead atoms. The van der Waals surface area contributed by atoms with Gasteiger partial charge >= 0.3 is 0 Å². The van der Waals surface area contributed by atoms with E-state index in [-0.39, 0.29) is 12.5 Å². The normalized spacial score (nSPS) is 10.3. The summed E-state index contributed by atoms with van der Waals surface area (Å²) in [5, 5.41) is 5.95. The number of hydrogen-bond acceptors (Lipinski definition) is 4. The first-order valence-corrected chi connectivity index (χ1v) is 7.34. The number of benzene rings is 1. The molecule has 0 saturated heterocycles. The molecule has 0 atom stereocenters. The molecule has 0 radical (unpaired) electrons. The minimum atomic E-state index is -0.121. The van der Waals surface area contributed by atoms with Crippen molar-refractivity contribution in [3.05, 3.63) is 28.2 Å². The second kappa shape index (κ2) is 9.74. The van der Waals surface area contributed by atoms with Crippen LogP contribution in [-0.4, -0.2) is 39.3 Å². The third-order valence-electron chi connectivity index (χ3n) is 2.54. The van der Waals surface area contributed by atoms with Gasteiger partial charge in [0.2, 0.25) is 0 Å². The fourth-order valence-corrected chi connectivity index (χ4v) is 2.11. The molecule has 0 spiro atoms. The lowest BCUT2D eigenvalue weighted by Gasteiger charge is -2.10. The summed E-state index contributed by atoms with van der Waals surface area (Å²) in [6.45, 7) is 4.77. The second-order valence-electron chi connectivity index (χ2n) is 4.18. The number of amides is 1. The molecule has 0 fully saturated rings. The molecule has 1 rings (SSSR count). The average molecular weight is 345 g/mol. The summed E-state index contributed by atoms with van der Waals surface area (Å²) in [5.41, 5.74) is 1.14. The lowest BCUT2D eigenvalue weighted by Crippen LogP contribution is -2.28. The van der Waals surface area contributed by atoms with Gasteiger partial charge < -0.3 is 20.1 Å². The molecule has 2 N–H and O–H groups in total. The SMILES string of the molecule is CCNC(=O)COc1ccc(CNCCOC)cc1Br. The maximum atomic E-state index is 11.3. The first-order valence-electron chi connectivity index (χ1n) is 6.55. The summed E-state index contributed by atoms with van der Waals surface area (Å²) in [5.74, 6) is 0.543. The van der Waals surface area contributed by atoms with Gasteiger partial charge in [0.1, 0.15) is 5.75 Å². The Hall–Kier alpha value is -1.11. The number of likely N-dealkylation sites (N-methyl/N-ethyl adjacent to an activating group) is 1.